The molecule has 1 aromatic rings. The molecule has 0 spiro atoms. The third kappa shape index (κ3) is 3.28. The zero-order valence-electron chi connectivity index (χ0n) is 9.02. The van der Waals surface area contributed by atoms with Gasteiger partial charge in [-0.1, -0.05) is 55.1 Å². The van der Waals surface area contributed by atoms with Gasteiger partial charge in [-0.05, 0) is 30.9 Å². The fraction of sp³-hybridized carbons (Fsp3) is 0.286. The van der Waals surface area contributed by atoms with E-state index in [2.05, 4.69) is 55.5 Å². The second-order valence-electron chi connectivity index (χ2n) is 3.94. The minimum atomic E-state index is 0.718. The average Bonchev–Trinajstić information content (AvgIpc) is 2.46. The van der Waals surface area contributed by atoms with Crippen molar-refractivity contribution in [2.24, 2.45) is 5.92 Å². The van der Waals surface area contributed by atoms with Crippen molar-refractivity contribution in [2.45, 2.75) is 24.7 Å². The van der Waals surface area contributed by atoms with E-state index < -0.39 is 0 Å². The van der Waals surface area contributed by atoms with Crippen LogP contribution in [-0.2, 0) is 0 Å². The van der Waals surface area contributed by atoms with Crippen LogP contribution in [0.2, 0.25) is 0 Å². The zero-order chi connectivity index (χ0) is 10.5. The average molecular weight is 216 g/mol. The highest BCUT2D eigenvalue weighted by Crippen LogP contribution is 2.30. The highest BCUT2D eigenvalue weighted by Gasteiger charge is 2.03. The van der Waals surface area contributed by atoms with E-state index in [-0.39, 0.29) is 0 Å². The van der Waals surface area contributed by atoms with Crippen molar-refractivity contribution < 1.29 is 0 Å². The molecule has 1 aliphatic carbocycles. The number of hydrogen-bond donors (Lipinski definition) is 0. The molecule has 1 atom stereocenters. The maximum Gasteiger partial charge on any atom is 0.0122 e. The maximum absolute atomic E-state index is 2.34. The summed E-state index contributed by atoms with van der Waals surface area (Å²) in [5, 5.41) is 0. The summed E-state index contributed by atoms with van der Waals surface area (Å²) < 4.78 is 0. The van der Waals surface area contributed by atoms with Gasteiger partial charge in [-0.3, -0.25) is 0 Å². The van der Waals surface area contributed by atoms with Crippen LogP contribution in [0.5, 0.6) is 0 Å². The van der Waals surface area contributed by atoms with Crippen LogP contribution in [0.15, 0.2) is 58.4 Å². The first-order valence-corrected chi connectivity index (χ1v) is 6.27. The number of hydrogen-bond acceptors (Lipinski definition) is 1. The smallest absolute Gasteiger partial charge is 0.0122 e. The summed E-state index contributed by atoms with van der Waals surface area (Å²) in [6.07, 6.45) is 9.39. The van der Waals surface area contributed by atoms with Gasteiger partial charge < -0.3 is 0 Å². The SMILES string of the molecule is CC1C=CC(Sc2ccccc2)=CCC1. The Morgan fingerprint density at radius 1 is 1.20 bits per heavy atom. The van der Waals surface area contributed by atoms with Crippen LogP contribution < -0.4 is 0 Å². The lowest BCUT2D eigenvalue weighted by molar-refractivity contribution is 0.662. The number of benzene rings is 1. The first-order chi connectivity index (χ1) is 7.34. The van der Waals surface area contributed by atoms with E-state index in [1.165, 1.54) is 22.6 Å². The molecule has 0 saturated carbocycles. The van der Waals surface area contributed by atoms with Gasteiger partial charge in [0, 0.05) is 9.80 Å². The molecule has 1 unspecified atom stereocenters. The second-order valence-corrected chi connectivity index (χ2v) is 5.08. The number of allylic oxidation sites excluding steroid dienone is 3. The van der Waals surface area contributed by atoms with E-state index in [1.54, 1.807) is 0 Å². The van der Waals surface area contributed by atoms with Crippen LogP contribution in [0.4, 0.5) is 0 Å². The molecule has 0 aromatic heterocycles. The molecule has 0 N–H and O–H groups in total. The fourth-order valence-corrected chi connectivity index (χ4v) is 2.53. The van der Waals surface area contributed by atoms with Crippen molar-refractivity contribution in [2.75, 3.05) is 0 Å². The van der Waals surface area contributed by atoms with Crippen LogP contribution >= 0.6 is 11.8 Å². The predicted molar refractivity (Wildman–Crippen MR) is 67.9 cm³/mol. The molecule has 0 amide bonds. The van der Waals surface area contributed by atoms with Gasteiger partial charge in [0.1, 0.15) is 0 Å². The predicted octanol–water partition coefficient (Wildman–Crippen LogP) is 4.65. The molecule has 1 heteroatoms. The molecule has 0 bridgehead atoms. The fourth-order valence-electron chi connectivity index (χ4n) is 1.61. The molecule has 2 rings (SSSR count). The molecule has 1 aromatic carbocycles. The Balaban J connectivity index is 2.06. The van der Waals surface area contributed by atoms with Crippen molar-refractivity contribution in [3.05, 3.63) is 53.5 Å². The molecule has 0 fully saturated rings. The minimum absolute atomic E-state index is 0.718. The van der Waals surface area contributed by atoms with Crippen molar-refractivity contribution in [1.29, 1.82) is 0 Å². The normalized spacial score (nSPS) is 20.9. The molecule has 1 aliphatic rings. The quantitative estimate of drug-likeness (QED) is 0.693. The van der Waals surface area contributed by atoms with Crippen LogP contribution in [0.1, 0.15) is 19.8 Å². The van der Waals surface area contributed by atoms with E-state index in [1.807, 2.05) is 11.8 Å². The summed E-state index contributed by atoms with van der Waals surface area (Å²) in [7, 11) is 0. The van der Waals surface area contributed by atoms with Crippen LogP contribution in [0, 0.1) is 5.92 Å². The zero-order valence-corrected chi connectivity index (χ0v) is 9.84. The Morgan fingerprint density at radius 2 is 2.00 bits per heavy atom. The van der Waals surface area contributed by atoms with Gasteiger partial charge >= 0.3 is 0 Å². The molecule has 78 valence electrons. The summed E-state index contributed by atoms with van der Waals surface area (Å²) >= 11 is 1.85. The molecule has 0 heterocycles. The third-order valence-electron chi connectivity index (χ3n) is 2.54. The minimum Gasteiger partial charge on any atom is -0.0905 e. The Hall–Kier alpha value is -0.950. The van der Waals surface area contributed by atoms with Gasteiger partial charge in [0.15, 0.2) is 0 Å². The third-order valence-corrected chi connectivity index (χ3v) is 3.58. The summed E-state index contributed by atoms with van der Waals surface area (Å²) in [6, 6.07) is 10.6. The maximum atomic E-state index is 2.34. The first-order valence-electron chi connectivity index (χ1n) is 5.46. The van der Waals surface area contributed by atoms with Gasteiger partial charge in [0.2, 0.25) is 0 Å². The molecule has 0 radical (unpaired) electrons. The lowest BCUT2D eigenvalue weighted by atomic mass is 10.1. The van der Waals surface area contributed by atoms with Crippen LogP contribution in [-0.4, -0.2) is 0 Å². The molecule has 0 saturated heterocycles. The summed E-state index contributed by atoms with van der Waals surface area (Å²) in [6.45, 7) is 2.28. The molecule has 15 heavy (non-hydrogen) atoms. The van der Waals surface area contributed by atoms with Gasteiger partial charge in [0.25, 0.3) is 0 Å². The van der Waals surface area contributed by atoms with Crippen LogP contribution in [0.3, 0.4) is 0 Å². The highest BCUT2D eigenvalue weighted by atomic mass is 32.2. The van der Waals surface area contributed by atoms with Gasteiger partial charge in [0.05, 0.1) is 0 Å². The molecule has 0 nitrogen and oxygen atoms in total. The van der Waals surface area contributed by atoms with Crippen LogP contribution in [0.25, 0.3) is 0 Å². The van der Waals surface area contributed by atoms with Gasteiger partial charge in [-0.15, -0.1) is 0 Å². The van der Waals surface area contributed by atoms with E-state index >= 15 is 0 Å². The summed E-state index contributed by atoms with van der Waals surface area (Å²) in [4.78, 5) is 2.70. The summed E-state index contributed by atoms with van der Waals surface area (Å²) in [5.74, 6) is 0.718. The van der Waals surface area contributed by atoms with Crippen molar-refractivity contribution in [3.8, 4) is 0 Å². The van der Waals surface area contributed by atoms with Gasteiger partial charge in [-0.2, -0.15) is 0 Å². The Labute approximate surface area is 96.1 Å². The van der Waals surface area contributed by atoms with Crippen molar-refractivity contribution >= 4 is 11.8 Å². The number of thioether (sulfide) groups is 1. The van der Waals surface area contributed by atoms with E-state index in [4.69, 9.17) is 0 Å². The summed E-state index contributed by atoms with van der Waals surface area (Å²) in [5.41, 5.74) is 0. The standard InChI is InChI=1S/C14H16S/c1-12-6-5-9-14(11-10-12)15-13-7-3-2-4-8-13/h2-4,7-12H,5-6H2,1H3. The highest BCUT2D eigenvalue weighted by molar-refractivity contribution is 8.03. The first kappa shape index (κ1) is 10.6. The lowest BCUT2D eigenvalue weighted by Crippen LogP contribution is -1.84. The second kappa shape index (κ2) is 5.22. The molecule has 0 aliphatic heterocycles. The number of rotatable bonds is 2. The Kier molecular flexibility index (Phi) is 3.68. The van der Waals surface area contributed by atoms with E-state index in [9.17, 15) is 0 Å². The van der Waals surface area contributed by atoms with Gasteiger partial charge in [-0.25, -0.2) is 0 Å². The van der Waals surface area contributed by atoms with Crippen molar-refractivity contribution in [3.63, 3.8) is 0 Å². The Morgan fingerprint density at radius 3 is 2.80 bits per heavy atom. The van der Waals surface area contributed by atoms with E-state index in [0.29, 0.717) is 0 Å². The molecular weight excluding hydrogens is 200 g/mol. The monoisotopic (exact) mass is 216 g/mol. The lowest BCUT2D eigenvalue weighted by Gasteiger charge is -2.00. The van der Waals surface area contributed by atoms with E-state index in [0.717, 1.165) is 5.92 Å². The molecular formula is C14H16S. The Bertz CT molecular complexity index is 362. The van der Waals surface area contributed by atoms with Crippen molar-refractivity contribution in [1.82, 2.24) is 0 Å². The largest absolute Gasteiger partial charge is 0.0905 e. The topological polar surface area (TPSA) is 0 Å².